The predicted octanol–water partition coefficient (Wildman–Crippen LogP) is 4.36. The molecule has 1 aliphatic heterocycles. The van der Waals surface area contributed by atoms with Gasteiger partial charge in [0.25, 0.3) is 11.8 Å². The van der Waals surface area contributed by atoms with Crippen LogP contribution in [-0.4, -0.2) is 24.4 Å². The first-order valence-corrected chi connectivity index (χ1v) is 8.34. The summed E-state index contributed by atoms with van der Waals surface area (Å²) in [5.74, 6) is -1.53. The standard InChI is InChI=1S/C18H13Cl2NO4/c1-2-7-25-18(24)10-3-5-12-13(8-10)17(23)21(16(12)22)11-4-6-14(19)15(20)9-11/h3-6,8-9H,2,7H2,1H3. The van der Waals surface area contributed by atoms with Crippen molar-refractivity contribution >= 4 is 46.7 Å². The number of carbonyl (C=O) groups is 3. The number of imide groups is 1. The van der Waals surface area contributed by atoms with Crippen molar-refractivity contribution in [3.8, 4) is 0 Å². The molecular formula is C18H13Cl2NO4. The quantitative estimate of drug-likeness (QED) is 0.586. The highest BCUT2D eigenvalue weighted by Gasteiger charge is 2.37. The van der Waals surface area contributed by atoms with Crippen LogP contribution in [0.1, 0.15) is 44.4 Å². The molecule has 0 aromatic heterocycles. The number of hydrogen-bond donors (Lipinski definition) is 0. The second kappa shape index (κ2) is 6.86. The maximum absolute atomic E-state index is 12.7. The van der Waals surface area contributed by atoms with E-state index in [0.29, 0.717) is 17.1 Å². The molecule has 25 heavy (non-hydrogen) atoms. The van der Waals surface area contributed by atoms with Crippen molar-refractivity contribution in [2.45, 2.75) is 13.3 Å². The Morgan fingerprint density at radius 3 is 2.40 bits per heavy atom. The third kappa shape index (κ3) is 3.13. The Kier molecular flexibility index (Phi) is 4.79. The molecule has 0 atom stereocenters. The molecule has 0 N–H and O–H groups in total. The van der Waals surface area contributed by atoms with Gasteiger partial charge in [0.05, 0.1) is 39.0 Å². The average Bonchev–Trinajstić information content (AvgIpc) is 2.86. The maximum atomic E-state index is 12.7. The highest BCUT2D eigenvalue weighted by Crippen LogP contribution is 2.33. The van der Waals surface area contributed by atoms with Gasteiger partial charge >= 0.3 is 5.97 Å². The molecule has 0 radical (unpaired) electrons. The van der Waals surface area contributed by atoms with Crippen molar-refractivity contribution in [3.63, 3.8) is 0 Å². The third-order valence-electron chi connectivity index (χ3n) is 3.72. The van der Waals surface area contributed by atoms with Crippen molar-refractivity contribution in [1.82, 2.24) is 0 Å². The molecule has 3 rings (SSSR count). The fourth-order valence-corrected chi connectivity index (χ4v) is 2.80. The summed E-state index contributed by atoms with van der Waals surface area (Å²) in [6.45, 7) is 2.17. The molecule has 0 saturated carbocycles. The molecule has 1 heterocycles. The second-order valence-electron chi connectivity index (χ2n) is 5.44. The van der Waals surface area contributed by atoms with Gasteiger partial charge in [-0.15, -0.1) is 0 Å². The average molecular weight is 378 g/mol. The molecule has 1 aliphatic rings. The van der Waals surface area contributed by atoms with E-state index in [1.165, 1.54) is 36.4 Å². The molecule has 0 unspecified atom stereocenters. The number of fused-ring (bicyclic) bond motifs is 1. The summed E-state index contributed by atoms with van der Waals surface area (Å²) < 4.78 is 5.06. The summed E-state index contributed by atoms with van der Waals surface area (Å²) in [5, 5.41) is 0.558. The lowest BCUT2D eigenvalue weighted by Gasteiger charge is -2.14. The minimum Gasteiger partial charge on any atom is -0.462 e. The fourth-order valence-electron chi connectivity index (χ4n) is 2.50. The first-order valence-electron chi connectivity index (χ1n) is 7.59. The molecule has 0 aliphatic carbocycles. The van der Waals surface area contributed by atoms with Crippen LogP contribution in [0.25, 0.3) is 0 Å². The van der Waals surface area contributed by atoms with Gasteiger partial charge in [0, 0.05) is 0 Å². The van der Waals surface area contributed by atoms with Gasteiger partial charge in [-0.3, -0.25) is 9.59 Å². The van der Waals surface area contributed by atoms with E-state index >= 15 is 0 Å². The van der Waals surface area contributed by atoms with Crippen LogP contribution in [0.2, 0.25) is 10.0 Å². The van der Waals surface area contributed by atoms with E-state index in [0.717, 1.165) is 4.90 Å². The Labute approximate surface area is 154 Å². The van der Waals surface area contributed by atoms with Gasteiger partial charge < -0.3 is 4.74 Å². The van der Waals surface area contributed by atoms with Gasteiger partial charge in [-0.1, -0.05) is 30.1 Å². The SMILES string of the molecule is CCCOC(=O)c1ccc2c(c1)C(=O)N(c1ccc(Cl)c(Cl)c1)C2=O. The van der Waals surface area contributed by atoms with Crippen LogP contribution in [0.5, 0.6) is 0 Å². The van der Waals surface area contributed by atoms with Crippen molar-refractivity contribution < 1.29 is 19.1 Å². The minimum atomic E-state index is -0.530. The second-order valence-corrected chi connectivity index (χ2v) is 6.25. The largest absolute Gasteiger partial charge is 0.462 e. The molecule has 2 aromatic carbocycles. The molecule has 0 fully saturated rings. The Bertz CT molecular complexity index is 895. The van der Waals surface area contributed by atoms with E-state index in [1.54, 1.807) is 0 Å². The number of esters is 1. The summed E-state index contributed by atoms with van der Waals surface area (Å²) in [4.78, 5) is 38.2. The van der Waals surface area contributed by atoms with Crippen LogP contribution >= 0.6 is 23.2 Å². The number of carbonyl (C=O) groups excluding carboxylic acids is 3. The molecule has 7 heteroatoms. The number of halogens is 2. The lowest BCUT2D eigenvalue weighted by Crippen LogP contribution is -2.29. The van der Waals surface area contributed by atoms with Gasteiger partial charge in [-0.25, -0.2) is 9.69 Å². The topological polar surface area (TPSA) is 63.7 Å². The van der Waals surface area contributed by atoms with Gasteiger partial charge in [0.15, 0.2) is 0 Å². The smallest absolute Gasteiger partial charge is 0.338 e. The predicted molar refractivity (Wildman–Crippen MR) is 94.6 cm³/mol. The van der Waals surface area contributed by atoms with Crippen molar-refractivity contribution in [2.75, 3.05) is 11.5 Å². The number of hydrogen-bond acceptors (Lipinski definition) is 4. The monoisotopic (exact) mass is 377 g/mol. The number of ether oxygens (including phenoxy) is 1. The molecule has 5 nitrogen and oxygen atoms in total. The Balaban J connectivity index is 1.96. The molecule has 2 amide bonds. The van der Waals surface area contributed by atoms with Crippen LogP contribution in [0.15, 0.2) is 36.4 Å². The normalized spacial score (nSPS) is 13.2. The Hall–Kier alpha value is -2.37. The lowest BCUT2D eigenvalue weighted by molar-refractivity contribution is 0.0505. The molecule has 0 spiro atoms. The number of rotatable bonds is 4. The highest BCUT2D eigenvalue weighted by molar-refractivity contribution is 6.42. The Morgan fingerprint density at radius 2 is 1.72 bits per heavy atom. The molecule has 2 aromatic rings. The molecule has 0 saturated heterocycles. The van der Waals surface area contributed by atoms with Crippen LogP contribution < -0.4 is 4.90 Å². The minimum absolute atomic E-state index is 0.155. The van der Waals surface area contributed by atoms with Gasteiger partial charge in [0.2, 0.25) is 0 Å². The number of anilines is 1. The zero-order valence-corrected chi connectivity index (χ0v) is 14.7. The summed E-state index contributed by atoms with van der Waals surface area (Å²) in [6.07, 6.45) is 0.694. The van der Waals surface area contributed by atoms with Crippen LogP contribution in [0.3, 0.4) is 0 Å². The molecular weight excluding hydrogens is 365 g/mol. The first kappa shape index (κ1) is 17.5. The molecule has 0 bridgehead atoms. The summed E-state index contributed by atoms with van der Waals surface area (Å²) in [5.41, 5.74) is 0.921. The van der Waals surface area contributed by atoms with Crippen LogP contribution in [0, 0.1) is 0 Å². The maximum Gasteiger partial charge on any atom is 0.338 e. The van der Waals surface area contributed by atoms with E-state index < -0.39 is 17.8 Å². The number of amides is 2. The summed E-state index contributed by atoms with van der Waals surface area (Å²) in [7, 11) is 0. The van der Waals surface area contributed by atoms with Crippen LogP contribution in [0.4, 0.5) is 5.69 Å². The van der Waals surface area contributed by atoms with E-state index in [2.05, 4.69) is 0 Å². The van der Waals surface area contributed by atoms with Crippen molar-refractivity contribution in [3.05, 3.63) is 63.1 Å². The molecule has 128 valence electrons. The summed E-state index contributed by atoms with van der Waals surface area (Å²) in [6, 6.07) is 8.80. The number of benzene rings is 2. The Morgan fingerprint density at radius 1 is 1.00 bits per heavy atom. The van der Waals surface area contributed by atoms with Crippen molar-refractivity contribution in [1.29, 1.82) is 0 Å². The zero-order valence-electron chi connectivity index (χ0n) is 13.2. The first-order chi connectivity index (χ1) is 11.9. The van der Waals surface area contributed by atoms with E-state index in [1.807, 2.05) is 6.92 Å². The van der Waals surface area contributed by atoms with E-state index in [4.69, 9.17) is 27.9 Å². The third-order valence-corrected chi connectivity index (χ3v) is 4.46. The van der Waals surface area contributed by atoms with Crippen molar-refractivity contribution in [2.24, 2.45) is 0 Å². The van der Waals surface area contributed by atoms with Gasteiger partial charge in [0.1, 0.15) is 0 Å². The van der Waals surface area contributed by atoms with E-state index in [9.17, 15) is 14.4 Å². The lowest BCUT2D eigenvalue weighted by atomic mass is 10.1. The van der Waals surface area contributed by atoms with Crippen LogP contribution in [-0.2, 0) is 4.74 Å². The zero-order chi connectivity index (χ0) is 18.1. The fraction of sp³-hybridized carbons (Fsp3) is 0.167. The highest BCUT2D eigenvalue weighted by atomic mass is 35.5. The summed E-state index contributed by atoms with van der Waals surface area (Å²) >= 11 is 11.8. The van der Waals surface area contributed by atoms with Gasteiger partial charge in [-0.2, -0.15) is 0 Å². The van der Waals surface area contributed by atoms with E-state index in [-0.39, 0.29) is 28.3 Å². The number of nitrogens with zero attached hydrogens (tertiary/aromatic N) is 1. The van der Waals surface area contributed by atoms with Gasteiger partial charge in [-0.05, 0) is 42.8 Å².